The largest absolute Gasteiger partial charge is 0.382 e. The number of allylic oxidation sites excluding steroid dienone is 1. The summed E-state index contributed by atoms with van der Waals surface area (Å²) in [5.41, 5.74) is 1.82. The first-order chi connectivity index (χ1) is 7.38. The minimum Gasteiger partial charge on any atom is -0.382 e. The molecule has 1 aromatic rings. The van der Waals surface area contributed by atoms with Gasteiger partial charge >= 0.3 is 0 Å². The van der Waals surface area contributed by atoms with Crippen LogP contribution in [0.25, 0.3) is 0 Å². The fourth-order valence-electron chi connectivity index (χ4n) is 1.94. The Bertz CT molecular complexity index is 335. The van der Waals surface area contributed by atoms with E-state index in [0.29, 0.717) is 5.69 Å². The van der Waals surface area contributed by atoms with E-state index in [1.54, 1.807) is 12.3 Å². The lowest BCUT2D eigenvalue weighted by molar-refractivity contribution is 0.205. The molecule has 0 saturated heterocycles. The zero-order valence-corrected chi connectivity index (χ0v) is 8.76. The van der Waals surface area contributed by atoms with Gasteiger partial charge < -0.3 is 5.11 Å². The van der Waals surface area contributed by atoms with Gasteiger partial charge in [-0.15, -0.1) is 0 Å². The van der Waals surface area contributed by atoms with Crippen molar-refractivity contribution in [2.24, 2.45) is 0 Å². The predicted molar refractivity (Wildman–Crippen MR) is 58.2 cm³/mol. The molecule has 0 bridgehead atoms. The SMILES string of the molecule is OC(C1=CCCCCC1)c1ccncn1. The van der Waals surface area contributed by atoms with Crippen LogP contribution < -0.4 is 0 Å². The molecule has 0 radical (unpaired) electrons. The van der Waals surface area contributed by atoms with Crippen molar-refractivity contribution in [1.29, 1.82) is 0 Å². The molecule has 1 N–H and O–H groups in total. The van der Waals surface area contributed by atoms with Gasteiger partial charge in [0.15, 0.2) is 0 Å². The van der Waals surface area contributed by atoms with E-state index in [9.17, 15) is 5.11 Å². The fourth-order valence-corrected chi connectivity index (χ4v) is 1.94. The molecule has 15 heavy (non-hydrogen) atoms. The quantitative estimate of drug-likeness (QED) is 0.752. The maximum absolute atomic E-state index is 10.1. The molecule has 0 fully saturated rings. The highest BCUT2D eigenvalue weighted by Crippen LogP contribution is 2.27. The van der Waals surface area contributed by atoms with E-state index >= 15 is 0 Å². The van der Waals surface area contributed by atoms with Crippen LogP contribution >= 0.6 is 0 Å². The van der Waals surface area contributed by atoms with Gasteiger partial charge in [-0.05, 0) is 37.3 Å². The Morgan fingerprint density at radius 2 is 2.20 bits per heavy atom. The summed E-state index contributed by atoms with van der Waals surface area (Å²) in [6, 6.07) is 1.77. The van der Waals surface area contributed by atoms with Crippen molar-refractivity contribution in [3.05, 3.63) is 35.9 Å². The van der Waals surface area contributed by atoms with Crippen molar-refractivity contribution in [3.63, 3.8) is 0 Å². The van der Waals surface area contributed by atoms with Gasteiger partial charge in [-0.1, -0.05) is 12.5 Å². The molecule has 1 aliphatic rings. The van der Waals surface area contributed by atoms with Crippen LogP contribution in [0.5, 0.6) is 0 Å². The Kier molecular flexibility index (Phi) is 3.45. The fraction of sp³-hybridized carbons (Fsp3) is 0.500. The number of hydrogen-bond acceptors (Lipinski definition) is 3. The summed E-state index contributed by atoms with van der Waals surface area (Å²) in [4.78, 5) is 7.93. The lowest BCUT2D eigenvalue weighted by Crippen LogP contribution is -2.03. The van der Waals surface area contributed by atoms with Gasteiger partial charge in [0.2, 0.25) is 0 Å². The molecule has 3 nitrogen and oxygen atoms in total. The maximum Gasteiger partial charge on any atom is 0.117 e. The van der Waals surface area contributed by atoms with E-state index in [0.717, 1.165) is 18.4 Å². The van der Waals surface area contributed by atoms with Crippen molar-refractivity contribution in [3.8, 4) is 0 Å². The van der Waals surface area contributed by atoms with Crippen LogP contribution in [-0.2, 0) is 0 Å². The third kappa shape index (κ3) is 2.63. The highest BCUT2D eigenvalue weighted by atomic mass is 16.3. The maximum atomic E-state index is 10.1. The third-order valence-electron chi connectivity index (χ3n) is 2.81. The van der Waals surface area contributed by atoms with Crippen LogP contribution in [0.15, 0.2) is 30.2 Å². The molecule has 3 heteroatoms. The van der Waals surface area contributed by atoms with Gasteiger partial charge in [0.1, 0.15) is 12.4 Å². The molecule has 0 aliphatic heterocycles. The number of hydrogen-bond donors (Lipinski definition) is 1. The smallest absolute Gasteiger partial charge is 0.117 e. The minimum atomic E-state index is -0.536. The second-order valence-electron chi connectivity index (χ2n) is 3.92. The van der Waals surface area contributed by atoms with Gasteiger partial charge in [0.05, 0.1) is 5.69 Å². The topological polar surface area (TPSA) is 46.0 Å². The molecular weight excluding hydrogens is 188 g/mol. The molecule has 0 saturated carbocycles. The van der Waals surface area contributed by atoms with Crippen LogP contribution in [0.4, 0.5) is 0 Å². The average Bonchev–Trinajstić information content (AvgIpc) is 2.58. The molecular formula is C12H16N2O. The monoisotopic (exact) mass is 204 g/mol. The second-order valence-corrected chi connectivity index (χ2v) is 3.92. The Balaban J connectivity index is 2.13. The highest BCUT2D eigenvalue weighted by molar-refractivity contribution is 5.19. The van der Waals surface area contributed by atoms with Gasteiger partial charge in [0, 0.05) is 6.20 Å². The summed E-state index contributed by atoms with van der Waals surface area (Å²) in [6.07, 6.45) is 10.5. The first-order valence-corrected chi connectivity index (χ1v) is 5.51. The normalized spacial score (nSPS) is 19.1. The van der Waals surface area contributed by atoms with E-state index in [1.807, 2.05) is 0 Å². The van der Waals surface area contributed by atoms with Crippen LogP contribution in [-0.4, -0.2) is 15.1 Å². The van der Waals surface area contributed by atoms with E-state index in [4.69, 9.17) is 0 Å². The van der Waals surface area contributed by atoms with Gasteiger partial charge in [0.25, 0.3) is 0 Å². The molecule has 1 unspecified atom stereocenters. The summed E-state index contributed by atoms with van der Waals surface area (Å²) in [6.45, 7) is 0. The van der Waals surface area contributed by atoms with Crippen molar-refractivity contribution < 1.29 is 5.11 Å². The molecule has 0 amide bonds. The van der Waals surface area contributed by atoms with Crippen molar-refractivity contribution in [2.45, 2.75) is 38.2 Å². The lowest BCUT2D eigenvalue weighted by Gasteiger charge is -2.12. The Morgan fingerprint density at radius 3 is 3.00 bits per heavy atom. The minimum absolute atomic E-state index is 0.536. The van der Waals surface area contributed by atoms with Crippen LogP contribution in [0.1, 0.15) is 43.9 Å². The molecule has 0 aromatic carbocycles. The molecule has 2 rings (SSSR count). The molecule has 1 heterocycles. The number of aromatic nitrogens is 2. The number of aliphatic hydroxyl groups excluding tert-OH is 1. The Morgan fingerprint density at radius 1 is 1.27 bits per heavy atom. The van der Waals surface area contributed by atoms with Gasteiger partial charge in [-0.2, -0.15) is 0 Å². The molecule has 1 aliphatic carbocycles. The lowest BCUT2D eigenvalue weighted by atomic mass is 10.0. The van der Waals surface area contributed by atoms with Crippen LogP contribution in [0.3, 0.4) is 0 Å². The molecule has 80 valence electrons. The van der Waals surface area contributed by atoms with Gasteiger partial charge in [-0.25, -0.2) is 9.97 Å². The Hall–Kier alpha value is -1.22. The van der Waals surface area contributed by atoms with E-state index < -0.39 is 6.10 Å². The average molecular weight is 204 g/mol. The zero-order valence-electron chi connectivity index (χ0n) is 8.76. The van der Waals surface area contributed by atoms with Crippen molar-refractivity contribution in [1.82, 2.24) is 9.97 Å². The second kappa shape index (κ2) is 5.03. The molecule has 0 spiro atoms. The first kappa shape index (κ1) is 10.3. The standard InChI is InChI=1S/C12H16N2O/c15-12(11-7-8-13-9-14-11)10-5-3-1-2-4-6-10/h5,7-9,12,15H,1-4,6H2. The zero-order chi connectivity index (χ0) is 10.5. The van der Waals surface area contributed by atoms with Crippen LogP contribution in [0.2, 0.25) is 0 Å². The number of nitrogens with zero attached hydrogens (tertiary/aromatic N) is 2. The van der Waals surface area contributed by atoms with Crippen molar-refractivity contribution >= 4 is 0 Å². The van der Waals surface area contributed by atoms with Gasteiger partial charge in [-0.3, -0.25) is 0 Å². The first-order valence-electron chi connectivity index (χ1n) is 5.51. The third-order valence-corrected chi connectivity index (χ3v) is 2.81. The van der Waals surface area contributed by atoms with Crippen LogP contribution in [0, 0.1) is 0 Å². The Labute approximate surface area is 89.9 Å². The molecule has 1 aromatic heterocycles. The summed E-state index contributed by atoms with van der Waals surface area (Å²) < 4.78 is 0. The summed E-state index contributed by atoms with van der Waals surface area (Å²) >= 11 is 0. The highest BCUT2D eigenvalue weighted by Gasteiger charge is 2.15. The predicted octanol–water partition coefficient (Wildman–Crippen LogP) is 2.40. The van der Waals surface area contributed by atoms with E-state index in [2.05, 4.69) is 16.0 Å². The number of aliphatic hydroxyl groups is 1. The summed E-state index contributed by atoms with van der Waals surface area (Å²) in [7, 11) is 0. The number of rotatable bonds is 2. The molecule has 1 atom stereocenters. The van der Waals surface area contributed by atoms with E-state index in [-0.39, 0.29) is 0 Å². The summed E-state index contributed by atoms with van der Waals surface area (Å²) in [5, 5.41) is 10.1. The van der Waals surface area contributed by atoms with E-state index in [1.165, 1.54) is 25.6 Å². The van der Waals surface area contributed by atoms with Crippen molar-refractivity contribution in [2.75, 3.05) is 0 Å². The summed E-state index contributed by atoms with van der Waals surface area (Å²) in [5.74, 6) is 0.